The third-order valence-electron chi connectivity index (χ3n) is 2.65. The second-order valence-electron chi connectivity index (χ2n) is 4.07. The molecule has 3 rings (SSSR count). The van der Waals surface area contributed by atoms with Crippen LogP contribution in [0.4, 0.5) is 0 Å². The fourth-order valence-electron chi connectivity index (χ4n) is 1.71. The Labute approximate surface area is 114 Å². The first-order valence-electron chi connectivity index (χ1n) is 5.89. The minimum Gasteiger partial charge on any atom is -0.476 e. The van der Waals surface area contributed by atoms with Gasteiger partial charge in [0.1, 0.15) is 5.69 Å². The van der Waals surface area contributed by atoms with Crippen LogP contribution in [0.5, 0.6) is 0 Å². The van der Waals surface area contributed by atoms with Crippen LogP contribution in [0.1, 0.15) is 21.7 Å². The Morgan fingerprint density at radius 3 is 2.70 bits per heavy atom. The third-order valence-corrected chi connectivity index (χ3v) is 2.65. The summed E-state index contributed by atoms with van der Waals surface area (Å²) in [6, 6.07) is 12.7. The molecule has 0 unspecified atom stereocenters. The van der Waals surface area contributed by atoms with Gasteiger partial charge in [0.15, 0.2) is 11.3 Å². The van der Waals surface area contributed by atoms with Gasteiger partial charge in [0.25, 0.3) is 0 Å². The number of hydrogen-bond donors (Lipinski definition) is 1. The van der Waals surface area contributed by atoms with Crippen LogP contribution in [-0.2, 0) is 0 Å². The first-order valence-corrected chi connectivity index (χ1v) is 5.89. The predicted octanol–water partition coefficient (Wildman–Crippen LogP) is 1.83. The molecule has 0 aliphatic rings. The van der Waals surface area contributed by atoms with Gasteiger partial charge >= 0.3 is 5.97 Å². The summed E-state index contributed by atoms with van der Waals surface area (Å²) >= 11 is 0. The Hall–Kier alpha value is -3.13. The number of fused-ring (bicyclic) bond motifs is 1. The summed E-state index contributed by atoms with van der Waals surface area (Å²) in [4.78, 5) is 15.1. The van der Waals surface area contributed by atoms with Gasteiger partial charge in [0.2, 0.25) is 0 Å². The Morgan fingerprint density at radius 1 is 1.15 bits per heavy atom. The lowest BCUT2D eigenvalue weighted by Crippen LogP contribution is -1.97. The quantitative estimate of drug-likeness (QED) is 0.680. The van der Waals surface area contributed by atoms with Crippen LogP contribution in [0.15, 0.2) is 48.7 Å². The lowest BCUT2D eigenvalue weighted by Gasteiger charge is -1.92. The minimum absolute atomic E-state index is 0.0364. The van der Waals surface area contributed by atoms with Crippen molar-refractivity contribution >= 4 is 11.6 Å². The summed E-state index contributed by atoms with van der Waals surface area (Å²) in [5.41, 5.74) is 1.89. The highest BCUT2D eigenvalue weighted by molar-refractivity contribution is 5.86. The molecule has 0 radical (unpaired) electrons. The van der Waals surface area contributed by atoms with Crippen molar-refractivity contribution in [2.75, 3.05) is 0 Å². The molecular formula is C15H9N3O2. The summed E-state index contributed by atoms with van der Waals surface area (Å²) in [5.74, 6) is 4.86. The van der Waals surface area contributed by atoms with Gasteiger partial charge in [-0.25, -0.2) is 14.3 Å². The van der Waals surface area contributed by atoms with Gasteiger partial charge < -0.3 is 5.11 Å². The summed E-state index contributed by atoms with van der Waals surface area (Å²) in [5, 5.41) is 12.8. The molecule has 0 atom stereocenters. The zero-order valence-electron chi connectivity index (χ0n) is 10.3. The fourth-order valence-corrected chi connectivity index (χ4v) is 1.71. The summed E-state index contributed by atoms with van der Waals surface area (Å²) in [6.07, 6.45) is 1.64. The van der Waals surface area contributed by atoms with Gasteiger partial charge in [-0.3, -0.25) is 0 Å². The van der Waals surface area contributed by atoms with Gasteiger partial charge in [-0.15, -0.1) is 0 Å². The van der Waals surface area contributed by atoms with E-state index in [4.69, 9.17) is 5.11 Å². The number of aromatic carboxylic acids is 1. The first-order chi connectivity index (χ1) is 9.72. The second kappa shape index (κ2) is 4.86. The molecule has 3 aromatic rings. The molecule has 96 valence electrons. The van der Waals surface area contributed by atoms with E-state index in [9.17, 15) is 4.79 Å². The van der Waals surface area contributed by atoms with Gasteiger partial charge in [-0.2, -0.15) is 5.10 Å². The average molecular weight is 263 g/mol. The topological polar surface area (TPSA) is 67.5 Å². The summed E-state index contributed by atoms with van der Waals surface area (Å²) in [6.45, 7) is 0. The predicted molar refractivity (Wildman–Crippen MR) is 72.4 cm³/mol. The van der Waals surface area contributed by atoms with E-state index in [0.29, 0.717) is 11.3 Å². The Morgan fingerprint density at radius 2 is 1.95 bits per heavy atom. The largest absolute Gasteiger partial charge is 0.476 e. The standard InChI is InChI=1S/C15H9N3O2/c19-15(20)13-10-14-16-12(8-9-18(14)17-13)7-6-11-4-2-1-3-5-11/h1-5,8-10H,(H,19,20). The summed E-state index contributed by atoms with van der Waals surface area (Å²) in [7, 11) is 0. The van der Waals surface area contributed by atoms with Crippen molar-refractivity contribution < 1.29 is 9.90 Å². The van der Waals surface area contributed by atoms with Crippen molar-refractivity contribution in [1.29, 1.82) is 0 Å². The van der Waals surface area contributed by atoms with Crippen LogP contribution in [0.3, 0.4) is 0 Å². The zero-order chi connectivity index (χ0) is 13.9. The highest BCUT2D eigenvalue weighted by Gasteiger charge is 2.09. The maximum absolute atomic E-state index is 10.8. The Bertz CT molecular complexity index is 842. The highest BCUT2D eigenvalue weighted by Crippen LogP contribution is 2.05. The van der Waals surface area contributed by atoms with Crippen LogP contribution in [0, 0.1) is 11.8 Å². The van der Waals surface area contributed by atoms with E-state index in [1.807, 2.05) is 30.3 Å². The Kier molecular flexibility index (Phi) is 2.90. The van der Waals surface area contributed by atoms with Crippen molar-refractivity contribution in [2.45, 2.75) is 0 Å². The number of carboxylic acids is 1. The van der Waals surface area contributed by atoms with E-state index in [0.717, 1.165) is 5.56 Å². The van der Waals surface area contributed by atoms with Gasteiger partial charge in [-0.05, 0) is 24.1 Å². The van der Waals surface area contributed by atoms with E-state index >= 15 is 0 Å². The first kappa shape index (κ1) is 11.9. The van der Waals surface area contributed by atoms with E-state index in [-0.39, 0.29) is 5.69 Å². The molecule has 1 N–H and O–H groups in total. The second-order valence-corrected chi connectivity index (χ2v) is 4.07. The monoisotopic (exact) mass is 263 g/mol. The molecule has 0 saturated carbocycles. The van der Waals surface area contributed by atoms with Gasteiger partial charge in [0.05, 0.1) is 0 Å². The molecule has 1 aromatic carbocycles. The molecular weight excluding hydrogens is 254 g/mol. The molecule has 5 heteroatoms. The van der Waals surface area contributed by atoms with E-state index < -0.39 is 5.97 Å². The lowest BCUT2D eigenvalue weighted by molar-refractivity contribution is 0.0690. The molecule has 20 heavy (non-hydrogen) atoms. The number of benzene rings is 1. The number of carbonyl (C=O) groups is 1. The molecule has 0 fully saturated rings. The maximum atomic E-state index is 10.8. The van der Waals surface area contributed by atoms with E-state index in [2.05, 4.69) is 21.9 Å². The summed E-state index contributed by atoms with van der Waals surface area (Å²) < 4.78 is 1.41. The molecule has 0 aliphatic carbocycles. The van der Waals surface area contributed by atoms with Gasteiger partial charge in [0, 0.05) is 17.8 Å². The van der Waals surface area contributed by atoms with Crippen LogP contribution in [0.25, 0.3) is 5.65 Å². The number of rotatable bonds is 1. The normalized spacial score (nSPS) is 10.0. The van der Waals surface area contributed by atoms with E-state index in [1.54, 1.807) is 12.3 Å². The lowest BCUT2D eigenvalue weighted by atomic mass is 10.2. The average Bonchev–Trinajstić information content (AvgIpc) is 2.89. The third kappa shape index (κ3) is 2.35. The van der Waals surface area contributed by atoms with Crippen molar-refractivity contribution in [3.63, 3.8) is 0 Å². The minimum atomic E-state index is -1.08. The van der Waals surface area contributed by atoms with Crippen molar-refractivity contribution in [2.24, 2.45) is 0 Å². The van der Waals surface area contributed by atoms with Gasteiger partial charge in [-0.1, -0.05) is 24.1 Å². The number of hydrogen-bond acceptors (Lipinski definition) is 3. The number of nitrogens with zero attached hydrogens (tertiary/aromatic N) is 3. The number of aromatic nitrogens is 3. The molecule has 0 aliphatic heterocycles. The molecule has 2 heterocycles. The van der Waals surface area contributed by atoms with Crippen molar-refractivity contribution in [3.05, 3.63) is 65.6 Å². The van der Waals surface area contributed by atoms with Crippen LogP contribution < -0.4 is 0 Å². The molecule has 0 bridgehead atoms. The maximum Gasteiger partial charge on any atom is 0.356 e. The molecule has 2 aromatic heterocycles. The molecule has 0 saturated heterocycles. The fraction of sp³-hybridized carbons (Fsp3) is 0. The van der Waals surface area contributed by atoms with Crippen molar-refractivity contribution in [1.82, 2.24) is 14.6 Å². The molecule has 0 amide bonds. The van der Waals surface area contributed by atoms with E-state index in [1.165, 1.54) is 10.6 Å². The zero-order valence-corrected chi connectivity index (χ0v) is 10.3. The SMILES string of the molecule is O=C(O)c1cc2nc(C#Cc3ccccc3)ccn2n1. The molecule has 5 nitrogen and oxygen atoms in total. The Balaban J connectivity index is 1.97. The smallest absolute Gasteiger partial charge is 0.356 e. The highest BCUT2D eigenvalue weighted by atomic mass is 16.4. The van der Waals surface area contributed by atoms with Crippen LogP contribution in [-0.4, -0.2) is 25.7 Å². The van der Waals surface area contributed by atoms with Crippen LogP contribution >= 0.6 is 0 Å². The van der Waals surface area contributed by atoms with Crippen LogP contribution in [0.2, 0.25) is 0 Å². The van der Waals surface area contributed by atoms with Crippen molar-refractivity contribution in [3.8, 4) is 11.8 Å². The molecule has 0 spiro atoms. The number of carboxylic acid groups (broad SMARTS) is 1.